The molecule has 0 radical (unpaired) electrons. The van der Waals surface area contributed by atoms with E-state index in [0.717, 1.165) is 24.1 Å². The van der Waals surface area contributed by atoms with E-state index in [-0.39, 0.29) is 0 Å². The van der Waals surface area contributed by atoms with Crippen molar-refractivity contribution in [1.82, 2.24) is 20.6 Å². The molecule has 2 rings (SSSR count). The molecule has 1 fully saturated rings. The van der Waals surface area contributed by atoms with Gasteiger partial charge in [0.15, 0.2) is 5.82 Å². The fourth-order valence-electron chi connectivity index (χ4n) is 2.30. The summed E-state index contributed by atoms with van der Waals surface area (Å²) in [6.07, 6.45) is 7.78. The summed E-state index contributed by atoms with van der Waals surface area (Å²) < 4.78 is 0. The summed E-state index contributed by atoms with van der Waals surface area (Å²) in [6.45, 7) is 2.36. The van der Waals surface area contributed by atoms with Crippen LogP contribution in [0.15, 0.2) is 0 Å². The molecular weight excluding hydrogens is 176 g/mol. The van der Waals surface area contributed by atoms with Crippen molar-refractivity contribution in [2.45, 2.75) is 45.4 Å². The zero-order valence-corrected chi connectivity index (χ0v) is 8.74. The van der Waals surface area contributed by atoms with E-state index >= 15 is 0 Å². The molecule has 0 aliphatic heterocycles. The van der Waals surface area contributed by atoms with Crippen molar-refractivity contribution < 1.29 is 0 Å². The van der Waals surface area contributed by atoms with Crippen LogP contribution in [0.5, 0.6) is 0 Å². The van der Waals surface area contributed by atoms with Gasteiger partial charge in [-0.15, -0.1) is 10.2 Å². The van der Waals surface area contributed by atoms with Crippen LogP contribution in [0.2, 0.25) is 0 Å². The summed E-state index contributed by atoms with van der Waals surface area (Å²) in [4.78, 5) is 0. The first kappa shape index (κ1) is 9.62. The lowest BCUT2D eigenvalue weighted by molar-refractivity contribution is 0.436. The summed E-state index contributed by atoms with van der Waals surface area (Å²) in [5.41, 5.74) is 0. The molecule has 1 aromatic rings. The van der Waals surface area contributed by atoms with Gasteiger partial charge in [-0.1, -0.05) is 37.8 Å². The molecule has 0 bridgehead atoms. The molecule has 1 saturated carbocycles. The van der Waals surface area contributed by atoms with Crippen LogP contribution in [0, 0.1) is 11.8 Å². The number of rotatable bonds is 2. The monoisotopic (exact) mass is 194 g/mol. The number of aromatic nitrogens is 4. The second-order valence-electron chi connectivity index (χ2n) is 4.51. The summed E-state index contributed by atoms with van der Waals surface area (Å²) in [5, 5.41) is 14.1. The molecule has 1 N–H and O–H groups in total. The van der Waals surface area contributed by atoms with Gasteiger partial charge in [0.25, 0.3) is 0 Å². The Labute approximate surface area is 84.5 Å². The van der Waals surface area contributed by atoms with Gasteiger partial charge in [-0.3, -0.25) is 0 Å². The van der Waals surface area contributed by atoms with Crippen LogP contribution >= 0.6 is 0 Å². The first-order valence-corrected chi connectivity index (χ1v) is 5.57. The Kier molecular flexibility index (Phi) is 3.11. The lowest BCUT2D eigenvalue weighted by atomic mass is 9.96. The average Bonchev–Trinajstić information content (AvgIpc) is 2.58. The quantitative estimate of drug-likeness (QED) is 0.732. The predicted molar refractivity (Wildman–Crippen MR) is 53.6 cm³/mol. The van der Waals surface area contributed by atoms with Crippen molar-refractivity contribution in [3.05, 3.63) is 5.82 Å². The molecule has 1 aliphatic carbocycles. The molecule has 4 nitrogen and oxygen atoms in total. The first-order chi connectivity index (χ1) is 6.84. The van der Waals surface area contributed by atoms with Gasteiger partial charge in [0.05, 0.1) is 0 Å². The second-order valence-corrected chi connectivity index (χ2v) is 4.51. The first-order valence-electron chi connectivity index (χ1n) is 5.57. The SMILES string of the molecule is CC1CCC[C@@H](Cc2nn[nH]n2)CC1. The van der Waals surface area contributed by atoms with E-state index in [1.807, 2.05) is 0 Å². The van der Waals surface area contributed by atoms with Gasteiger partial charge < -0.3 is 0 Å². The number of aromatic amines is 1. The van der Waals surface area contributed by atoms with Crippen LogP contribution < -0.4 is 0 Å². The minimum atomic E-state index is 0.776. The van der Waals surface area contributed by atoms with E-state index in [4.69, 9.17) is 0 Å². The molecule has 4 heteroatoms. The number of hydrogen-bond donors (Lipinski definition) is 1. The Hall–Kier alpha value is -0.930. The summed E-state index contributed by atoms with van der Waals surface area (Å²) >= 11 is 0. The highest BCUT2D eigenvalue weighted by Gasteiger charge is 2.17. The second kappa shape index (κ2) is 4.53. The minimum Gasteiger partial charge on any atom is -0.177 e. The fourth-order valence-corrected chi connectivity index (χ4v) is 2.30. The highest BCUT2D eigenvalue weighted by molar-refractivity contribution is 4.81. The Morgan fingerprint density at radius 3 is 3.00 bits per heavy atom. The van der Waals surface area contributed by atoms with Crippen LogP contribution in [0.4, 0.5) is 0 Å². The van der Waals surface area contributed by atoms with Crippen LogP contribution in [0.25, 0.3) is 0 Å². The van der Waals surface area contributed by atoms with Crippen molar-refractivity contribution in [2.24, 2.45) is 11.8 Å². The predicted octanol–water partition coefficient (Wildman–Crippen LogP) is 1.96. The molecule has 78 valence electrons. The van der Waals surface area contributed by atoms with E-state index in [2.05, 4.69) is 27.5 Å². The molecule has 0 spiro atoms. The number of nitrogens with zero attached hydrogens (tertiary/aromatic N) is 3. The van der Waals surface area contributed by atoms with Crippen molar-refractivity contribution in [2.75, 3.05) is 0 Å². The Balaban J connectivity index is 1.86. The van der Waals surface area contributed by atoms with Crippen molar-refractivity contribution in [1.29, 1.82) is 0 Å². The lowest BCUT2D eigenvalue weighted by Gasteiger charge is -2.10. The summed E-state index contributed by atoms with van der Waals surface area (Å²) in [5.74, 6) is 2.56. The minimum absolute atomic E-state index is 0.776. The van der Waals surface area contributed by atoms with Gasteiger partial charge in [0.1, 0.15) is 0 Å². The van der Waals surface area contributed by atoms with Crippen LogP contribution in [0.3, 0.4) is 0 Å². The molecule has 0 aromatic carbocycles. The Morgan fingerprint density at radius 1 is 1.29 bits per heavy atom. The third kappa shape index (κ3) is 2.53. The molecule has 14 heavy (non-hydrogen) atoms. The maximum atomic E-state index is 4.01. The topological polar surface area (TPSA) is 54.5 Å². The van der Waals surface area contributed by atoms with Gasteiger partial charge in [-0.25, -0.2) is 0 Å². The van der Waals surface area contributed by atoms with Gasteiger partial charge in [0, 0.05) is 6.42 Å². The third-order valence-electron chi connectivity index (χ3n) is 3.24. The van der Waals surface area contributed by atoms with E-state index in [0.29, 0.717) is 0 Å². The van der Waals surface area contributed by atoms with Crippen LogP contribution in [0.1, 0.15) is 44.9 Å². The standard InChI is InChI=1S/C10H18N4/c1-8-3-2-4-9(6-5-8)7-10-11-13-14-12-10/h8-9H,2-7H2,1H3,(H,11,12,13,14)/t8?,9-/m1/s1. The van der Waals surface area contributed by atoms with Crippen molar-refractivity contribution in [3.8, 4) is 0 Å². The van der Waals surface area contributed by atoms with Gasteiger partial charge in [-0.05, 0) is 18.3 Å². The fraction of sp³-hybridized carbons (Fsp3) is 0.900. The molecule has 0 amide bonds. The molecule has 1 unspecified atom stereocenters. The zero-order chi connectivity index (χ0) is 9.80. The maximum absolute atomic E-state index is 4.01. The van der Waals surface area contributed by atoms with Gasteiger partial charge in [0.2, 0.25) is 0 Å². The highest BCUT2D eigenvalue weighted by Crippen LogP contribution is 2.28. The highest BCUT2D eigenvalue weighted by atomic mass is 15.5. The molecule has 2 atom stereocenters. The molecule has 1 heterocycles. The number of nitrogens with one attached hydrogen (secondary N) is 1. The molecule has 1 aromatic heterocycles. The van der Waals surface area contributed by atoms with Crippen molar-refractivity contribution >= 4 is 0 Å². The van der Waals surface area contributed by atoms with Crippen molar-refractivity contribution in [3.63, 3.8) is 0 Å². The number of hydrogen-bond acceptors (Lipinski definition) is 3. The van der Waals surface area contributed by atoms with E-state index in [1.54, 1.807) is 0 Å². The van der Waals surface area contributed by atoms with E-state index in [9.17, 15) is 0 Å². The molecular formula is C10H18N4. The zero-order valence-electron chi connectivity index (χ0n) is 8.74. The number of H-pyrrole nitrogens is 1. The van der Waals surface area contributed by atoms with Crippen LogP contribution in [-0.2, 0) is 6.42 Å². The average molecular weight is 194 g/mol. The Bertz CT molecular complexity index is 257. The lowest BCUT2D eigenvalue weighted by Crippen LogP contribution is -2.05. The smallest absolute Gasteiger partial charge is 0.174 e. The maximum Gasteiger partial charge on any atom is 0.174 e. The molecule has 0 saturated heterocycles. The van der Waals surface area contributed by atoms with Gasteiger partial charge in [-0.2, -0.15) is 5.21 Å². The van der Waals surface area contributed by atoms with E-state index < -0.39 is 0 Å². The van der Waals surface area contributed by atoms with E-state index in [1.165, 1.54) is 32.1 Å². The normalized spacial score (nSPS) is 28.6. The summed E-state index contributed by atoms with van der Waals surface area (Å²) in [7, 11) is 0. The Morgan fingerprint density at radius 2 is 2.21 bits per heavy atom. The number of tetrazole rings is 1. The van der Waals surface area contributed by atoms with Crippen LogP contribution in [-0.4, -0.2) is 20.6 Å². The summed E-state index contributed by atoms with van der Waals surface area (Å²) in [6, 6.07) is 0. The largest absolute Gasteiger partial charge is 0.177 e. The van der Waals surface area contributed by atoms with Gasteiger partial charge >= 0.3 is 0 Å². The third-order valence-corrected chi connectivity index (χ3v) is 3.24. The molecule has 1 aliphatic rings.